The van der Waals surface area contributed by atoms with E-state index in [0.717, 1.165) is 5.52 Å². The molecule has 1 N–H and O–H groups in total. The van der Waals surface area contributed by atoms with Crippen LogP contribution in [0.3, 0.4) is 0 Å². The minimum Gasteiger partial charge on any atom is -0.358 e. The molecule has 0 radical (unpaired) electrons. The molecule has 0 unspecified atom stereocenters. The Morgan fingerprint density at radius 1 is 0.783 bits per heavy atom. The Hall–Kier alpha value is -2.61. The van der Waals surface area contributed by atoms with Gasteiger partial charge >= 0.3 is 0 Å². The first-order chi connectivity index (χ1) is 11.4. The lowest BCUT2D eigenvalue weighted by molar-refractivity contribution is 0.680. The minimum absolute atomic E-state index is 1.06. The molecule has 0 atom stereocenters. The molecule has 0 saturated carbocycles. The maximum absolute atomic E-state index is 4.18. The SMILES string of the molecule is c1ccc2c3c([nH]c2c1)CCCC3.c1ccc2ncccc2c1. The smallest absolute Gasteiger partial charge is 0.0701 e. The van der Waals surface area contributed by atoms with Crippen LogP contribution >= 0.6 is 0 Å². The molecule has 2 aromatic heterocycles. The number of hydrogen-bond donors (Lipinski definition) is 1. The summed E-state index contributed by atoms with van der Waals surface area (Å²) in [4.78, 5) is 7.70. The lowest BCUT2D eigenvalue weighted by Crippen LogP contribution is -1.99. The number of fused-ring (bicyclic) bond motifs is 4. The van der Waals surface area contributed by atoms with Crippen molar-refractivity contribution < 1.29 is 0 Å². The monoisotopic (exact) mass is 300 g/mol. The van der Waals surface area contributed by atoms with Crippen molar-refractivity contribution in [2.75, 3.05) is 0 Å². The Bertz CT molecular complexity index is 871. The van der Waals surface area contributed by atoms with E-state index in [0.29, 0.717) is 0 Å². The molecular weight excluding hydrogens is 280 g/mol. The summed E-state index contributed by atoms with van der Waals surface area (Å²) in [6.45, 7) is 0. The molecule has 1 aliphatic rings. The zero-order chi connectivity index (χ0) is 15.5. The number of rotatable bonds is 0. The molecule has 0 saturated heterocycles. The maximum atomic E-state index is 4.18. The van der Waals surface area contributed by atoms with Crippen LogP contribution in [0.2, 0.25) is 0 Å². The molecule has 0 bridgehead atoms. The van der Waals surface area contributed by atoms with E-state index in [1.54, 1.807) is 5.56 Å². The van der Waals surface area contributed by atoms with E-state index in [1.165, 1.54) is 47.7 Å². The van der Waals surface area contributed by atoms with E-state index in [1.807, 2.05) is 30.5 Å². The van der Waals surface area contributed by atoms with E-state index in [4.69, 9.17) is 0 Å². The molecule has 2 heterocycles. The highest BCUT2D eigenvalue weighted by molar-refractivity contribution is 5.84. The second-order valence-corrected chi connectivity index (χ2v) is 6.03. The zero-order valence-corrected chi connectivity index (χ0v) is 13.1. The Morgan fingerprint density at radius 3 is 2.52 bits per heavy atom. The first kappa shape index (κ1) is 14.0. The number of aromatic nitrogens is 2. The first-order valence-corrected chi connectivity index (χ1v) is 8.30. The van der Waals surface area contributed by atoms with Crippen molar-refractivity contribution in [3.8, 4) is 0 Å². The van der Waals surface area contributed by atoms with Gasteiger partial charge in [0.1, 0.15) is 0 Å². The fraction of sp³-hybridized carbons (Fsp3) is 0.190. The highest BCUT2D eigenvalue weighted by Crippen LogP contribution is 2.28. The van der Waals surface area contributed by atoms with Crippen molar-refractivity contribution in [3.63, 3.8) is 0 Å². The van der Waals surface area contributed by atoms with Gasteiger partial charge in [-0.3, -0.25) is 4.98 Å². The van der Waals surface area contributed by atoms with E-state index in [-0.39, 0.29) is 0 Å². The van der Waals surface area contributed by atoms with Gasteiger partial charge < -0.3 is 4.98 Å². The van der Waals surface area contributed by atoms with Crippen LogP contribution in [0.4, 0.5) is 0 Å². The van der Waals surface area contributed by atoms with Gasteiger partial charge in [0.05, 0.1) is 5.52 Å². The molecule has 2 heteroatoms. The predicted molar refractivity (Wildman–Crippen MR) is 96.7 cm³/mol. The van der Waals surface area contributed by atoms with Crippen molar-refractivity contribution >= 4 is 21.8 Å². The molecule has 5 rings (SSSR count). The van der Waals surface area contributed by atoms with Crippen LogP contribution in [-0.2, 0) is 12.8 Å². The van der Waals surface area contributed by atoms with Crippen molar-refractivity contribution in [1.29, 1.82) is 0 Å². The summed E-state index contributed by atoms with van der Waals surface area (Å²) in [5.41, 5.74) is 5.42. The Morgan fingerprint density at radius 2 is 1.57 bits per heavy atom. The molecule has 0 aliphatic heterocycles. The van der Waals surface area contributed by atoms with Gasteiger partial charge in [-0.25, -0.2) is 0 Å². The highest BCUT2D eigenvalue weighted by Gasteiger charge is 2.13. The van der Waals surface area contributed by atoms with E-state index >= 15 is 0 Å². The second kappa shape index (κ2) is 6.25. The second-order valence-electron chi connectivity index (χ2n) is 6.03. The summed E-state index contributed by atoms with van der Waals surface area (Å²) in [6, 6.07) is 20.7. The summed E-state index contributed by atoms with van der Waals surface area (Å²) in [5, 5.41) is 2.64. The summed E-state index contributed by atoms with van der Waals surface area (Å²) in [7, 11) is 0. The molecule has 0 spiro atoms. The number of hydrogen-bond acceptors (Lipinski definition) is 1. The van der Waals surface area contributed by atoms with Crippen LogP contribution in [0.1, 0.15) is 24.1 Å². The Balaban J connectivity index is 0.000000122. The third kappa shape index (κ3) is 2.85. The van der Waals surface area contributed by atoms with Crippen LogP contribution < -0.4 is 0 Å². The highest BCUT2D eigenvalue weighted by atomic mass is 14.7. The topological polar surface area (TPSA) is 28.7 Å². The summed E-state index contributed by atoms with van der Waals surface area (Å²) in [6.07, 6.45) is 7.01. The maximum Gasteiger partial charge on any atom is 0.0701 e. The van der Waals surface area contributed by atoms with Crippen LogP contribution in [0.5, 0.6) is 0 Å². The lowest BCUT2D eigenvalue weighted by atomic mass is 9.96. The molecular formula is C21H20N2. The van der Waals surface area contributed by atoms with E-state index in [9.17, 15) is 0 Å². The average molecular weight is 300 g/mol. The molecule has 1 aliphatic carbocycles. The quantitative estimate of drug-likeness (QED) is 0.470. The van der Waals surface area contributed by atoms with Gasteiger partial charge in [0.25, 0.3) is 0 Å². The minimum atomic E-state index is 1.06. The van der Waals surface area contributed by atoms with Gasteiger partial charge in [0, 0.05) is 28.2 Å². The first-order valence-electron chi connectivity index (χ1n) is 8.30. The largest absolute Gasteiger partial charge is 0.358 e. The van der Waals surface area contributed by atoms with Gasteiger partial charge in [-0.15, -0.1) is 0 Å². The molecule has 2 nitrogen and oxygen atoms in total. The van der Waals surface area contributed by atoms with Crippen LogP contribution in [-0.4, -0.2) is 9.97 Å². The third-order valence-corrected chi connectivity index (χ3v) is 4.52. The van der Waals surface area contributed by atoms with Crippen molar-refractivity contribution in [1.82, 2.24) is 9.97 Å². The summed E-state index contributed by atoms with van der Waals surface area (Å²) < 4.78 is 0. The molecule has 23 heavy (non-hydrogen) atoms. The average Bonchev–Trinajstić information content (AvgIpc) is 3.01. The van der Waals surface area contributed by atoms with Crippen molar-refractivity contribution in [2.24, 2.45) is 0 Å². The number of para-hydroxylation sites is 2. The summed E-state index contributed by atoms with van der Waals surface area (Å²) in [5.74, 6) is 0. The van der Waals surface area contributed by atoms with Gasteiger partial charge in [-0.2, -0.15) is 0 Å². The Labute approximate surface area is 136 Å². The van der Waals surface area contributed by atoms with Crippen LogP contribution in [0.15, 0.2) is 66.9 Å². The zero-order valence-electron chi connectivity index (χ0n) is 13.1. The number of benzene rings is 2. The molecule has 114 valence electrons. The van der Waals surface area contributed by atoms with Crippen molar-refractivity contribution in [3.05, 3.63) is 78.1 Å². The normalized spacial score (nSPS) is 13.4. The fourth-order valence-corrected chi connectivity index (χ4v) is 3.37. The number of nitrogens with zero attached hydrogens (tertiary/aromatic N) is 1. The molecule has 0 fully saturated rings. The summed E-state index contributed by atoms with van der Waals surface area (Å²) >= 11 is 0. The number of nitrogens with one attached hydrogen (secondary N) is 1. The lowest BCUT2D eigenvalue weighted by Gasteiger charge is -2.10. The van der Waals surface area contributed by atoms with Gasteiger partial charge in [-0.05, 0) is 49.4 Å². The Kier molecular flexibility index (Phi) is 3.81. The molecule has 2 aromatic carbocycles. The predicted octanol–water partition coefficient (Wildman–Crippen LogP) is 5.28. The number of aryl methyl sites for hydroxylation is 2. The van der Waals surface area contributed by atoms with Gasteiger partial charge in [0.2, 0.25) is 0 Å². The standard InChI is InChI=1S/C12H13N.C9H7N/c1-3-7-11-9(5-1)10-6-2-4-8-12(10)13-11;1-2-6-9-8(4-1)5-3-7-10-9/h1,3,5,7,13H,2,4,6,8H2;1-7H. The van der Waals surface area contributed by atoms with Gasteiger partial charge in [0.15, 0.2) is 0 Å². The van der Waals surface area contributed by atoms with Crippen molar-refractivity contribution in [2.45, 2.75) is 25.7 Å². The van der Waals surface area contributed by atoms with E-state index in [2.05, 4.69) is 46.4 Å². The van der Waals surface area contributed by atoms with Gasteiger partial charge in [-0.1, -0.05) is 42.5 Å². The third-order valence-electron chi connectivity index (χ3n) is 4.52. The number of aromatic amines is 1. The molecule has 4 aromatic rings. The number of pyridine rings is 1. The van der Waals surface area contributed by atoms with Crippen LogP contribution in [0.25, 0.3) is 21.8 Å². The van der Waals surface area contributed by atoms with E-state index < -0.39 is 0 Å². The fourth-order valence-electron chi connectivity index (χ4n) is 3.37. The molecule has 0 amide bonds. The van der Waals surface area contributed by atoms with Crippen LogP contribution in [0, 0.1) is 0 Å². The number of H-pyrrole nitrogens is 1.